The highest BCUT2D eigenvalue weighted by Crippen LogP contribution is 2.23. The lowest BCUT2D eigenvalue weighted by Gasteiger charge is -2.17. The zero-order chi connectivity index (χ0) is 16.3. The second kappa shape index (κ2) is 6.29. The fourth-order valence-corrected chi connectivity index (χ4v) is 2.04. The molecule has 118 valence electrons. The largest absolute Gasteiger partial charge is 0.512 e. The average Bonchev–Trinajstić information content (AvgIpc) is 2.44. The summed E-state index contributed by atoms with van der Waals surface area (Å²) in [6.07, 6.45) is 0. The number of benzene rings is 2. The summed E-state index contributed by atoms with van der Waals surface area (Å²) < 4.78 is 61.6. The first-order valence-corrected chi connectivity index (χ1v) is 6.57. The molecule has 0 radical (unpaired) electrons. The summed E-state index contributed by atoms with van der Waals surface area (Å²) in [5.74, 6) is -0.701. The predicted molar refractivity (Wildman–Crippen MR) is 77.2 cm³/mol. The smallest absolute Gasteiger partial charge is 0.496 e. The Kier molecular flexibility index (Phi) is 4.64. The van der Waals surface area contributed by atoms with Crippen LogP contribution in [-0.4, -0.2) is 14.1 Å². The quantitative estimate of drug-likeness (QED) is 0.618. The summed E-state index contributed by atoms with van der Waals surface area (Å²) in [6.45, 7) is -3.41. The molecule has 2 rings (SSSR count). The SMILES string of the molecule is COc1ccc(C)cc1COc1ccc([B-](F)(F)F)c(F)c1. The Balaban J connectivity index is 2.16. The van der Waals surface area contributed by atoms with E-state index in [-0.39, 0.29) is 12.4 Å². The van der Waals surface area contributed by atoms with Crippen LogP contribution in [0.3, 0.4) is 0 Å². The van der Waals surface area contributed by atoms with E-state index in [1.165, 1.54) is 7.11 Å². The van der Waals surface area contributed by atoms with Gasteiger partial charge in [-0.1, -0.05) is 23.2 Å². The van der Waals surface area contributed by atoms with Gasteiger partial charge in [-0.25, -0.2) is 4.39 Å². The summed E-state index contributed by atoms with van der Waals surface area (Å²) >= 11 is 0. The predicted octanol–water partition coefficient (Wildman–Crippen LogP) is 3.78. The lowest BCUT2D eigenvalue weighted by molar-refractivity contribution is 0.295. The maximum atomic E-state index is 13.5. The van der Waals surface area contributed by atoms with Gasteiger partial charge in [0.1, 0.15) is 18.1 Å². The van der Waals surface area contributed by atoms with Gasteiger partial charge in [0, 0.05) is 11.6 Å². The van der Waals surface area contributed by atoms with Crippen molar-refractivity contribution in [2.75, 3.05) is 7.11 Å². The van der Waals surface area contributed by atoms with Crippen molar-refractivity contribution in [2.24, 2.45) is 0 Å². The Morgan fingerprint density at radius 2 is 1.77 bits per heavy atom. The lowest BCUT2D eigenvalue weighted by Crippen LogP contribution is -2.36. The van der Waals surface area contributed by atoms with Crippen LogP contribution in [0.4, 0.5) is 17.3 Å². The minimum Gasteiger partial charge on any atom is -0.496 e. The van der Waals surface area contributed by atoms with Crippen LogP contribution in [0.25, 0.3) is 0 Å². The molecule has 0 aliphatic carbocycles. The van der Waals surface area contributed by atoms with Crippen molar-refractivity contribution in [3.05, 3.63) is 53.3 Å². The molecule has 0 aliphatic heterocycles. The van der Waals surface area contributed by atoms with Gasteiger partial charge in [-0.2, -0.15) is 0 Å². The Hall–Kier alpha value is -2.18. The average molecular weight is 313 g/mol. The minimum absolute atomic E-state index is 0.0323. The van der Waals surface area contributed by atoms with Gasteiger partial charge in [0.05, 0.1) is 12.9 Å². The third-order valence-electron chi connectivity index (χ3n) is 3.15. The number of rotatable bonds is 5. The number of ether oxygens (including phenoxy) is 2. The van der Waals surface area contributed by atoms with Crippen LogP contribution < -0.4 is 14.9 Å². The van der Waals surface area contributed by atoms with E-state index >= 15 is 0 Å². The molecular formula is C15H14BF4O2-. The van der Waals surface area contributed by atoms with Gasteiger partial charge >= 0.3 is 6.98 Å². The van der Waals surface area contributed by atoms with Gasteiger partial charge < -0.3 is 22.4 Å². The highest BCUT2D eigenvalue weighted by molar-refractivity contribution is 6.73. The van der Waals surface area contributed by atoms with Crippen molar-refractivity contribution in [1.82, 2.24) is 0 Å². The van der Waals surface area contributed by atoms with Crippen molar-refractivity contribution in [2.45, 2.75) is 13.5 Å². The molecule has 0 fully saturated rings. The van der Waals surface area contributed by atoms with Gasteiger partial charge in [-0.3, -0.25) is 0 Å². The lowest BCUT2D eigenvalue weighted by atomic mass is 9.80. The molecule has 0 N–H and O–H groups in total. The standard InChI is InChI=1S/C15H14BF4O2/c1-10-3-6-15(21-2)11(7-10)9-22-12-4-5-13(14(17)8-12)16(18,19)20/h3-8H,9H2,1-2H3/q-1. The highest BCUT2D eigenvalue weighted by Gasteiger charge is 2.28. The van der Waals surface area contributed by atoms with Crippen LogP contribution in [0.1, 0.15) is 11.1 Å². The topological polar surface area (TPSA) is 18.5 Å². The zero-order valence-corrected chi connectivity index (χ0v) is 12.1. The summed E-state index contributed by atoms with van der Waals surface area (Å²) in [5.41, 5.74) is 0.466. The molecule has 22 heavy (non-hydrogen) atoms. The highest BCUT2D eigenvalue weighted by atomic mass is 19.4. The molecule has 7 heteroatoms. The first-order valence-electron chi connectivity index (χ1n) is 6.57. The fraction of sp³-hybridized carbons (Fsp3) is 0.200. The van der Waals surface area contributed by atoms with E-state index in [0.717, 1.165) is 23.3 Å². The van der Waals surface area contributed by atoms with Gasteiger partial charge in [0.2, 0.25) is 0 Å². The molecular weight excluding hydrogens is 299 g/mol. The minimum atomic E-state index is -5.37. The number of hydrogen-bond acceptors (Lipinski definition) is 2. The first kappa shape index (κ1) is 16.2. The van der Waals surface area contributed by atoms with Crippen molar-refractivity contribution in [3.63, 3.8) is 0 Å². The summed E-state index contributed by atoms with van der Waals surface area (Å²) in [6, 6.07) is 8.01. The molecule has 0 heterocycles. The molecule has 0 atom stereocenters. The summed E-state index contributed by atoms with van der Waals surface area (Å²) in [7, 11) is 1.51. The normalized spacial score (nSPS) is 11.4. The molecule has 2 nitrogen and oxygen atoms in total. The van der Waals surface area contributed by atoms with Crippen LogP contribution in [0, 0.1) is 12.7 Å². The number of methoxy groups -OCH3 is 1. The molecule has 0 unspecified atom stereocenters. The van der Waals surface area contributed by atoms with E-state index in [9.17, 15) is 17.3 Å². The Morgan fingerprint density at radius 3 is 2.36 bits per heavy atom. The molecule has 0 amide bonds. The Morgan fingerprint density at radius 1 is 1.05 bits per heavy atom. The molecule has 2 aromatic rings. The maximum absolute atomic E-state index is 13.5. The molecule has 0 bridgehead atoms. The fourth-order valence-electron chi connectivity index (χ4n) is 2.04. The molecule has 2 aromatic carbocycles. The second-order valence-corrected chi connectivity index (χ2v) is 4.86. The van der Waals surface area contributed by atoms with Gasteiger partial charge in [0.25, 0.3) is 0 Å². The summed E-state index contributed by atoms with van der Waals surface area (Å²) in [4.78, 5) is 0. The monoisotopic (exact) mass is 313 g/mol. The molecule has 0 aromatic heterocycles. The van der Waals surface area contributed by atoms with Crippen molar-refractivity contribution in [1.29, 1.82) is 0 Å². The number of hydrogen-bond donors (Lipinski definition) is 0. The van der Waals surface area contributed by atoms with Crippen LogP contribution >= 0.6 is 0 Å². The van der Waals surface area contributed by atoms with Gasteiger partial charge in [-0.15, -0.1) is 0 Å². The Bertz CT molecular complexity index is 671. The van der Waals surface area contributed by atoms with E-state index in [2.05, 4.69) is 0 Å². The van der Waals surface area contributed by atoms with E-state index in [1.807, 2.05) is 19.1 Å². The van der Waals surface area contributed by atoms with Crippen molar-refractivity contribution in [3.8, 4) is 11.5 Å². The first-order chi connectivity index (χ1) is 10.3. The third kappa shape index (κ3) is 3.72. The van der Waals surface area contributed by atoms with E-state index < -0.39 is 18.3 Å². The molecule has 0 spiro atoms. The number of aryl methyl sites for hydroxylation is 1. The summed E-state index contributed by atoms with van der Waals surface area (Å²) in [5, 5.41) is 0. The maximum Gasteiger partial charge on any atom is 0.512 e. The molecule has 0 saturated carbocycles. The number of halogens is 4. The van der Waals surface area contributed by atoms with Gasteiger partial charge in [-0.05, 0) is 25.1 Å². The van der Waals surface area contributed by atoms with Crippen molar-refractivity contribution >= 4 is 12.4 Å². The zero-order valence-electron chi connectivity index (χ0n) is 12.1. The Labute approximate surface area is 125 Å². The molecule has 0 saturated heterocycles. The van der Waals surface area contributed by atoms with Crippen LogP contribution in [-0.2, 0) is 6.61 Å². The molecule has 0 aliphatic rings. The third-order valence-corrected chi connectivity index (χ3v) is 3.15. The van der Waals surface area contributed by atoms with Crippen molar-refractivity contribution < 1.29 is 26.8 Å². The van der Waals surface area contributed by atoms with Crippen LogP contribution in [0.5, 0.6) is 11.5 Å². The van der Waals surface area contributed by atoms with E-state index in [1.54, 1.807) is 6.07 Å². The van der Waals surface area contributed by atoms with E-state index in [0.29, 0.717) is 11.8 Å². The second-order valence-electron chi connectivity index (χ2n) is 4.86. The van der Waals surface area contributed by atoms with Gasteiger partial charge in [0.15, 0.2) is 0 Å². The van der Waals surface area contributed by atoms with Crippen LogP contribution in [0.2, 0.25) is 0 Å². The van der Waals surface area contributed by atoms with Crippen LogP contribution in [0.15, 0.2) is 36.4 Å². The van der Waals surface area contributed by atoms with E-state index in [4.69, 9.17) is 9.47 Å².